The second kappa shape index (κ2) is 8.08. The van der Waals surface area contributed by atoms with Crippen LogP contribution in [0.5, 0.6) is 5.75 Å². The molecule has 0 saturated heterocycles. The Balaban J connectivity index is 2.29. The molecule has 0 fully saturated rings. The molecule has 0 aromatic heterocycles. The van der Waals surface area contributed by atoms with Crippen molar-refractivity contribution in [2.75, 3.05) is 33.5 Å². The summed E-state index contributed by atoms with van der Waals surface area (Å²) in [5, 5.41) is 13.2. The van der Waals surface area contributed by atoms with Gasteiger partial charge in [-0.15, -0.1) is 0 Å². The first kappa shape index (κ1) is 15.0. The number of aryl methyl sites for hydroxylation is 1. The van der Waals surface area contributed by atoms with Crippen LogP contribution in [0.15, 0.2) is 18.2 Å². The molecule has 1 aromatic rings. The van der Waals surface area contributed by atoms with E-state index in [-0.39, 0.29) is 6.04 Å². The molecule has 0 amide bonds. The normalized spacial score (nSPS) is 12.6. The number of hydrogen-bond acceptors (Lipinski definition) is 4. The minimum absolute atomic E-state index is 0.108. The van der Waals surface area contributed by atoms with Crippen LogP contribution in [0.25, 0.3) is 0 Å². The van der Waals surface area contributed by atoms with Gasteiger partial charge in [-0.2, -0.15) is 0 Å². The maximum absolute atomic E-state index is 9.85. The summed E-state index contributed by atoms with van der Waals surface area (Å²) in [6, 6.07) is 5.84. The standard InChI is InChI=1S/C14H23NO3/c1-11-4-5-13(14(16)10-11)12(2)15-6-7-18-9-8-17-3/h4-5,10,12,15-16H,6-9H2,1-3H3. The smallest absolute Gasteiger partial charge is 0.120 e. The van der Waals surface area contributed by atoms with Crippen LogP contribution in [0.1, 0.15) is 24.1 Å². The largest absolute Gasteiger partial charge is 0.508 e. The van der Waals surface area contributed by atoms with Crippen LogP contribution in [-0.4, -0.2) is 38.6 Å². The van der Waals surface area contributed by atoms with Crippen molar-refractivity contribution in [2.24, 2.45) is 0 Å². The monoisotopic (exact) mass is 253 g/mol. The van der Waals surface area contributed by atoms with E-state index < -0.39 is 0 Å². The number of nitrogens with one attached hydrogen (secondary N) is 1. The van der Waals surface area contributed by atoms with Gasteiger partial charge in [0.25, 0.3) is 0 Å². The number of methoxy groups -OCH3 is 1. The Bertz CT molecular complexity index is 355. The van der Waals surface area contributed by atoms with Crippen molar-refractivity contribution >= 4 is 0 Å². The van der Waals surface area contributed by atoms with E-state index in [0.717, 1.165) is 17.7 Å². The third-order valence-corrected chi connectivity index (χ3v) is 2.78. The third-order valence-electron chi connectivity index (χ3n) is 2.78. The lowest BCUT2D eigenvalue weighted by atomic mass is 10.1. The van der Waals surface area contributed by atoms with Gasteiger partial charge in [-0.25, -0.2) is 0 Å². The first-order valence-corrected chi connectivity index (χ1v) is 6.24. The number of hydrogen-bond donors (Lipinski definition) is 2. The fourth-order valence-electron chi connectivity index (χ4n) is 1.72. The molecule has 1 rings (SSSR count). The molecular formula is C14H23NO3. The van der Waals surface area contributed by atoms with Gasteiger partial charge in [-0.1, -0.05) is 12.1 Å². The molecule has 1 unspecified atom stereocenters. The van der Waals surface area contributed by atoms with Crippen molar-refractivity contribution in [3.8, 4) is 5.75 Å². The van der Waals surface area contributed by atoms with Crippen molar-refractivity contribution in [2.45, 2.75) is 19.9 Å². The third kappa shape index (κ3) is 5.04. The summed E-state index contributed by atoms with van der Waals surface area (Å²) in [6.45, 7) is 6.61. The van der Waals surface area contributed by atoms with Gasteiger partial charge >= 0.3 is 0 Å². The molecular weight excluding hydrogens is 230 g/mol. The highest BCUT2D eigenvalue weighted by Crippen LogP contribution is 2.24. The first-order valence-electron chi connectivity index (χ1n) is 6.24. The minimum Gasteiger partial charge on any atom is -0.508 e. The molecule has 2 N–H and O–H groups in total. The lowest BCUT2D eigenvalue weighted by Gasteiger charge is -2.16. The van der Waals surface area contributed by atoms with Gasteiger partial charge in [0, 0.05) is 25.3 Å². The predicted molar refractivity (Wildman–Crippen MR) is 72.0 cm³/mol. The number of phenolic OH excluding ortho intramolecular Hbond substituents is 1. The molecule has 4 heteroatoms. The van der Waals surface area contributed by atoms with Gasteiger partial charge in [-0.3, -0.25) is 0 Å². The van der Waals surface area contributed by atoms with Crippen molar-refractivity contribution < 1.29 is 14.6 Å². The van der Waals surface area contributed by atoms with Crippen molar-refractivity contribution in [3.63, 3.8) is 0 Å². The van der Waals surface area contributed by atoms with Gasteiger partial charge in [0.15, 0.2) is 0 Å². The molecule has 0 radical (unpaired) electrons. The van der Waals surface area contributed by atoms with Gasteiger partial charge < -0.3 is 19.9 Å². The molecule has 1 atom stereocenters. The fourth-order valence-corrected chi connectivity index (χ4v) is 1.72. The number of rotatable bonds is 8. The molecule has 4 nitrogen and oxygen atoms in total. The summed E-state index contributed by atoms with van der Waals surface area (Å²) in [5.74, 6) is 0.343. The molecule has 0 saturated carbocycles. The van der Waals surface area contributed by atoms with Crippen LogP contribution in [0, 0.1) is 6.92 Å². The molecule has 1 aromatic carbocycles. The summed E-state index contributed by atoms with van der Waals surface area (Å²) in [7, 11) is 1.66. The van der Waals surface area contributed by atoms with Crippen molar-refractivity contribution in [3.05, 3.63) is 29.3 Å². The second-order valence-electron chi connectivity index (χ2n) is 4.34. The van der Waals surface area contributed by atoms with Crippen LogP contribution in [0.4, 0.5) is 0 Å². The molecule has 102 valence electrons. The van der Waals surface area contributed by atoms with E-state index in [2.05, 4.69) is 5.32 Å². The van der Waals surface area contributed by atoms with Gasteiger partial charge in [0.1, 0.15) is 5.75 Å². The van der Waals surface area contributed by atoms with E-state index in [1.165, 1.54) is 0 Å². The molecule has 0 bridgehead atoms. The summed E-state index contributed by atoms with van der Waals surface area (Å²) in [6.07, 6.45) is 0. The zero-order valence-electron chi connectivity index (χ0n) is 11.4. The molecule has 0 aliphatic carbocycles. The second-order valence-corrected chi connectivity index (χ2v) is 4.34. The van der Waals surface area contributed by atoms with E-state index in [1.807, 2.05) is 26.0 Å². The minimum atomic E-state index is 0.108. The number of aromatic hydroxyl groups is 1. The van der Waals surface area contributed by atoms with Crippen LogP contribution in [0.2, 0.25) is 0 Å². The first-order chi connectivity index (χ1) is 8.65. The number of ether oxygens (including phenoxy) is 2. The van der Waals surface area contributed by atoms with E-state index in [9.17, 15) is 5.11 Å². The number of benzene rings is 1. The Morgan fingerprint density at radius 3 is 2.72 bits per heavy atom. The highest BCUT2D eigenvalue weighted by molar-refractivity contribution is 5.37. The zero-order valence-corrected chi connectivity index (χ0v) is 11.4. The summed E-state index contributed by atoms with van der Waals surface area (Å²) in [4.78, 5) is 0. The summed E-state index contributed by atoms with van der Waals surface area (Å²) < 4.78 is 10.2. The molecule has 0 aliphatic rings. The molecule has 18 heavy (non-hydrogen) atoms. The van der Waals surface area contributed by atoms with Crippen molar-refractivity contribution in [1.82, 2.24) is 5.32 Å². The Hall–Kier alpha value is -1.10. The number of phenols is 1. The van der Waals surface area contributed by atoms with Crippen LogP contribution >= 0.6 is 0 Å². The SMILES string of the molecule is COCCOCCNC(C)c1ccc(C)cc1O. The zero-order chi connectivity index (χ0) is 13.4. The maximum Gasteiger partial charge on any atom is 0.120 e. The average Bonchev–Trinajstić information content (AvgIpc) is 2.33. The molecule has 0 aliphatic heterocycles. The van der Waals surface area contributed by atoms with Crippen LogP contribution in [-0.2, 0) is 9.47 Å². The highest BCUT2D eigenvalue weighted by Gasteiger charge is 2.09. The van der Waals surface area contributed by atoms with Gasteiger partial charge in [-0.05, 0) is 25.5 Å². The van der Waals surface area contributed by atoms with Gasteiger partial charge in [0.2, 0.25) is 0 Å². The van der Waals surface area contributed by atoms with Crippen LogP contribution in [0.3, 0.4) is 0 Å². The topological polar surface area (TPSA) is 50.7 Å². The predicted octanol–water partition coefficient (Wildman–Crippen LogP) is 2.01. The van der Waals surface area contributed by atoms with E-state index in [0.29, 0.717) is 25.6 Å². The van der Waals surface area contributed by atoms with E-state index in [1.54, 1.807) is 13.2 Å². The maximum atomic E-state index is 9.85. The van der Waals surface area contributed by atoms with Gasteiger partial charge in [0.05, 0.1) is 19.8 Å². The average molecular weight is 253 g/mol. The Morgan fingerprint density at radius 2 is 2.06 bits per heavy atom. The summed E-state index contributed by atoms with van der Waals surface area (Å²) >= 11 is 0. The lowest BCUT2D eigenvalue weighted by molar-refractivity contribution is 0.0712. The molecule has 0 heterocycles. The van der Waals surface area contributed by atoms with Crippen LogP contribution < -0.4 is 5.32 Å². The fraction of sp³-hybridized carbons (Fsp3) is 0.571. The highest BCUT2D eigenvalue weighted by atomic mass is 16.5. The Labute approximate surface area is 109 Å². The lowest BCUT2D eigenvalue weighted by Crippen LogP contribution is -2.24. The molecule has 0 spiro atoms. The quantitative estimate of drug-likeness (QED) is 0.696. The van der Waals surface area contributed by atoms with E-state index >= 15 is 0 Å². The van der Waals surface area contributed by atoms with E-state index in [4.69, 9.17) is 9.47 Å². The Kier molecular flexibility index (Phi) is 6.72. The summed E-state index contributed by atoms with van der Waals surface area (Å²) in [5.41, 5.74) is 1.98. The van der Waals surface area contributed by atoms with Crippen molar-refractivity contribution in [1.29, 1.82) is 0 Å². The Morgan fingerprint density at radius 1 is 1.28 bits per heavy atom.